The average Bonchev–Trinajstić information content (AvgIpc) is 2.15. The Morgan fingerprint density at radius 3 is 2.73 bits per heavy atom. The number of hydrogen-bond donors (Lipinski definition) is 1. The first-order chi connectivity index (χ1) is 6.93. The summed E-state index contributed by atoms with van der Waals surface area (Å²) in [6.07, 6.45) is 5.24. The Hall–Kier alpha value is -0.690. The lowest BCUT2D eigenvalue weighted by Crippen LogP contribution is -2.20. The quantitative estimate of drug-likeness (QED) is 0.618. The molecule has 6 heteroatoms. The van der Waals surface area contributed by atoms with Gasteiger partial charge in [-0.1, -0.05) is 24.0 Å². The second-order valence-corrected chi connectivity index (χ2v) is 6.35. The summed E-state index contributed by atoms with van der Waals surface area (Å²) in [5.41, 5.74) is 0. The highest BCUT2D eigenvalue weighted by Gasteiger charge is 2.27. The zero-order valence-electron chi connectivity index (χ0n) is 8.02. The van der Waals surface area contributed by atoms with Crippen LogP contribution >= 0.6 is 35.7 Å². The third-order valence-corrected chi connectivity index (χ3v) is 3.70. The van der Waals surface area contributed by atoms with Crippen molar-refractivity contribution in [2.75, 3.05) is 0 Å². The summed E-state index contributed by atoms with van der Waals surface area (Å²) in [5, 5.41) is 19.8. The molecule has 80 valence electrons. The van der Waals surface area contributed by atoms with E-state index < -0.39 is 10.7 Å². The fourth-order valence-electron chi connectivity index (χ4n) is 0.728. The summed E-state index contributed by atoms with van der Waals surface area (Å²) in [7, 11) is 0. The molecule has 15 heavy (non-hydrogen) atoms. The van der Waals surface area contributed by atoms with Gasteiger partial charge in [-0.2, -0.15) is 5.26 Å². The number of carboxylic acids is 1. The van der Waals surface area contributed by atoms with E-state index in [0.717, 1.165) is 23.5 Å². The maximum absolute atomic E-state index is 10.4. The molecule has 0 amide bonds. The van der Waals surface area contributed by atoms with Crippen LogP contribution in [-0.4, -0.2) is 19.4 Å². The van der Waals surface area contributed by atoms with Crippen molar-refractivity contribution in [1.29, 1.82) is 5.26 Å². The zero-order valence-corrected chi connectivity index (χ0v) is 10.5. The average molecular weight is 259 g/mol. The molecule has 0 rings (SSSR count). The Labute approximate surface area is 103 Å². The van der Waals surface area contributed by atoms with E-state index in [0.29, 0.717) is 3.53 Å². The number of thioether (sulfide) groups is 2. The van der Waals surface area contributed by atoms with Gasteiger partial charge < -0.3 is 5.11 Å². The highest BCUT2D eigenvalue weighted by Crippen LogP contribution is 2.34. The molecular weight excluding hydrogens is 250 g/mol. The number of nitrogens with zero attached hydrogens (tertiary/aromatic N) is 1. The highest BCUT2D eigenvalue weighted by atomic mass is 32.2. The van der Waals surface area contributed by atoms with E-state index in [1.165, 1.54) is 0 Å². The van der Waals surface area contributed by atoms with Gasteiger partial charge in [0.2, 0.25) is 0 Å². The van der Waals surface area contributed by atoms with Crippen LogP contribution in [-0.2, 0) is 4.79 Å². The topological polar surface area (TPSA) is 61.1 Å². The smallest absolute Gasteiger partial charge is 0.303 e. The summed E-state index contributed by atoms with van der Waals surface area (Å²) >= 11 is 7.10. The SMILES string of the molecule is C#CSC(=S)SC(C)(C#N)CCC(=O)O. The van der Waals surface area contributed by atoms with Crippen LogP contribution in [0.1, 0.15) is 19.8 Å². The zero-order chi connectivity index (χ0) is 11.9. The van der Waals surface area contributed by atoms with Crippen molar-refractivity contribution in [3.63, 3.8) is 0 Å². The van der Waals surface area contributed by atoms with Crippen molar-refractivity contribution in [1.82, 2.24) is 0 Å². The summed E-state index contributed by atoms with van der Waals surface area (Å²) < 4.78 is -0.355. The van der Waals surface area contributed by atoms with Crippen LogP contribution in [0.5, 0.6) is 0 Å². The first-order valence-corrected chi connectivity index (χ1v) is 5.96. The number of nitriles is 1. The van der Waals surface area contributed by atoms with Crippen molar-refractivity contribution in [2.45, 2.75) is 24.5 Å². The number of carbonyl (C=O) groups is 1. The first-order valence-electron chi connectivity index (χ1n) is 3.92. The maximum atomic E-state index is 10.4. The molecule has 0 saturated carbocycles. The van der Waals surface area contributed by atoms with Crippen molar-refractivity contribution in [3.05, 3.63) is 0 Å². The fraction of sp³-hybridized carbons (Fsp3) is 0.444. The van der Waals surface area contributed by atoms with Crippen LogP contribution in [0.25, 0.3) is 0 Å². The highest BCUT2D eigenvalue weighted by molar-refractivity contribution is 8.49. The first kappa shape index (κ1) is 14.3. The van der Waals surface area contributed by atoms with Gasteiger partial charge in [-0.05, 0) is 30.4 Å². The molecule has 0 radical (unpaired) electrons. The molecule has 1 unspecified atom stereocenters. The van der Waals surface area contributed by atoms with Gasteiger partial charge in [0.05, 0.1) is 6.07 Å². The van der Waals surface area contributed by atoms with Crippen LogP contribution in [0.2, 0.25) is 0 Å². The van der Waals surface area contributed by atoms with Crippen LogP contribution in [0.15, 0.2) is 0 Å². The number of rotatable bonds is 4. The minimum absolute atomic E-state index is 0.0552. The molecule has 0 aliphatic rings. The van der Waals surface area contributed by atoms with E-state index in [1.54, 1.807) is 6.92 Å². The van der Waals surface area contributed by atoms with Gasteiger partial charge in [-0.15, -0.1) is 6.42 Å². The lowest BCUT2D eigenvalue weighted by molar-refractivity contribution is -0.137. The summed E-state index contributed by atoms with van der Waals surface area (Å²) in [4.78, 5) is 10.4. The number of terminal acetylenes is 1. The Bertz CT molecular complexity index is 342. The minimum atomic E-state index is -0.924. The molecule has 0 fully saturated rings. The number of aliphatic carboxylic acids is 1. The van der Waals surface area contributed by atoms with Crippen LogP contribution in [0.3, 0.4) is 0 Å². The van der Waals surface area contributed by atoms with Gasteiger partial charge in [0, 0.05) is 6.42 Å². The molecule has 0 bridgehead atoms. The Kier molecular flexibility index (Phi) is 6.42. The molecule has 0 aliphatic carbocycles. The van der Waals surface area contributed by atoms with Gasteiger partial charge in [0.15, 0.2) is 0 Å². The van der Waals surface area contributed by atoms with E-state index in [-0.39, 0.29) is 12.8 Å². The second kappa shape index (κ2) is 6.73. The van der Waals surface area contributed by atoms with Gasteiger partial charge in [0.1, 0.15) is 8.28 Å². The Balaban J connectivity index is 4.33. The van der Waals surface area contributed by atoms with E-state index >= 15 is 0 Å². The van der Waals surface area contributed by atoms with Gasteiger partial charge in [-0.25, -0.2) is 0 Å². The minimum Gasteiger partial charge on any atom is -0.481 e. The molecule has 1 atom stereocenters. The van der Waals surface area contributed by atoms with Crippen LogP contribution < -0.4 is 0 Å². The third-order valence-electron chi connectivity index (χ3n) is 1.50. The van der Waals surface area contributed by atoms with E-state index in [1.807, 2.05) is 0 Å². The number of hydrogen-bond acceptors (Lipinski definition) is 5. The molecule has 0 aliphatic heterocycles. The van der Waals surface area contributed by atoms with Crippen molar-refractivity contribution in [2.24, 2.45) is 0 Å². The standard InChI is InChI=1S/C9H9NO2S3/c1-3-14-8(13)15-9(2,6-10)5-4-7(11)12/h1H,4-5H2,2H3,(H,11,12). The van der Waals surface area contributed by atoms with Crippen LogP contribution in [0.4, 0.5) is 0 Å². The monoisotopic (exact) mass is 259 g/mol. The molecule has 0 saturated heterocycles. The summed E-state index contributed by atoms with van der Waals surface area (Å²) in [5.74, 6) is -0.924. The lowest BCUT2D eigenvalue weighted by atomic mass is 10.1. The van der Waals surface area contributed by atoms with Crippen molar-refractivity contribution >= 4 is 45.2 Å². The predicted molar refractivity (Wildman–Crippen MR) is 67.5 cm³/mol. The summed E-state index contributed by atoms with van der Waals surface area (Å²) in [6, 6.07) is 2.05. The lowest BCUT2D eigenvalue weighted by Gasteiger charge is -2.18. The molecule has 0 aromatic heterocycles. The maximum Gasteiger partial charge on any atom is 0.303 e. The number of thiocarbonyl (C=S) groups is 1. The van der Waals surface area contributed by atoms with Gasteiger partial charge >= 0.3 is 5.97 Å². The second-order valence-electron chi connectivity index (χ2n) is 2.81. The van der Waals surface area contributed by atoms with E-state index in [9.17, 15) is 4.79 Å². The molecule has 0 heterocycles. The fourth-order valence-corrected chi connectivity index (χ4v) is 3.00. The largest absolute Gasteiger partial charge is 0.481 e. The van der Waals surface area contributed by atoms with Crippen molar-refractivity contribution < 1.29 is 9.90 Å². The number of carboxylic acid groups (broad SMARTS) is 1. The molecule has 0 spiro atoms. The third kappa shape index (κ3) is 6.40. The summed E-state index contributed by atoms with van der Waals surface area (Å²) in [6.45, 7) is 1.66. The van der Waals surface area contributed by atoms with Gasteiger partial charge in [-0.3, -0.25) is 4.79 Å². The molecular formula is C9H9NO2S3. The normalized spacial score (nSPS) is 13.3. The van der Waals surface area contributed by atoms with E-state index in [2.05, 4.69) is 11.3 Å². The molecule has 3 nitrogen and oxygen atoms in total. The van der Waals surface area contributed by atoms with Crippen LogP contribution in [0, 0.1) is 23.0 Å². The van der Waals surface area contributed by atoms with E-state index in [4.69, 9.17) is 29.0 Å². The molecule has 0 aromatic rings. The Morgan fingerprint density at radius 1 is 1.73 bits per heavy atom. The molecule has 1 N–H and O–H groups in total. The molecule has 0 aromatic carbocycles. The Morgan fingerprint density at radius 2 is 2.33 bits per heavy atom. The predicted octanol–water partition coefficient (Wildman–Crippen LogP) is 2.48. The van der Waals surface area contributed by atoms with Gasteiger partial charge in [0.25, 0.3) is 0 Å². The van der Waals surface area contributed by atoms with Crippen molar-refractivity contribution in [3.8, 4) is 17.7 Å².